The zero-order valence-electron chi connectivity index (χ0n) is 14.0. The van der Waals surface area contributed by atoms with Gasteiger partial charge in [0.15, 0.2) is 5.78 Å². The van der Waals surface area contributed by atoms with Gasteiger partial charge in [0.25, 0.3) is 0 Å². The van der Waals surface area contributed by atoms with Crippen molar-refractivity contribution in [2.45, 2.75) is 13.3 Å². The minimum absolute atomic E-state index is 0.125. The molecule has 3 rings (SSSR count). The number of anilines is 1. The summed E-state index contributed by atoms with van der Waals surface area (Å²) < 4.78 is 0. The summed E-state index contributed by atoms with van der Waals surface area (Å²) in [6.07, 6.45) is 1.03. The maximum Gasteiger partial charge on any atom is 0.159 e. The molecular weight excluding hydrogens is 320 g/mol. The quantitative estimate of drug-likeness (QED) is 0.770. The van der Waals surface area contributed by atoms with Crippen LogP contribution in [-0.2, 0) is 6.42 Å². The molecule has 1 fully saturated rings. The summed E-state index contributed by atoms with van der Waals surface area (Å²) in [7, 11) is 0. The van der Waals surface area contributed by atoms with Crippen molar-refractivity contribution in [2.24, 2.45) is 0 Å². The molecule has 2 aromatic rings. The van der Waals surface area contributed by atoms with Crippen molar-refractivity contribution in [1.29, 1.82) is 0 Å². The standard InChI is InChI=1S/C20H23ClN2O/c1-16(24)18-4-2-17(3-5-18)10-11-22-12-14-23(15-13-22)20-8-6-19(21)7-9-20/h2-9H,10-15H2,1H3. The lowest BCUT2D eigenvalue weighted by atomic mass is 10.1. The monoisotopic (exact) mass is 342 g/mol. The number of nitrogens with zero attached hydrogens (tertiary/aromatic N) is 2. The van der Waals surface area contributed by atoms with Crippen LogP contribution in [0.5, 0.6) is 0 Å². The molecule has 1 heterocycles. The summed E-state index contributed by atoms with van der Waals surface area (Å²) in [5.41, 5.74) is 3.33. The highest BCUT2D eigenvalue weighted by Gasteiger charge is 2.16. The number of rotatable bonds is 5. The zero-order valence-corrected chi connectivity index (χ0v) is 14.8. The molecule has 0 aromatic heterocycles. The highest BCUT2D eigenvalue weighted by atomic mass is 35.5. The molecule has 126 valence electrons. The van der Waals surface area contributed by atoms with Crippen LogP contribution >= 0.6 is 11.6 Å². The summed E-state index contributed by atoms with van der Waals surface area (Å²) >= 11 is 5.95. The van der Waals surface area contributed by atoms with Gasteiger partial charge in [0.05, 0.1) is 0 Å². The first-order chi connectivity index (χ1) is 11.6. The highest BCUT2D eigenvalue weighted by Crippen LogP contribution is 2.19. The number of benzene rings is 2. The first kappa shape index (κ1) is 17.0. The van der Waals surface area contributed by atoms with Gasteiger partial charge in [-0.3, -0.25) is 9.69 Å². The summed E-state index contributed by atoms with van der Waals surface area (Å²) in [6, 6.07) is 16.1. The number of Topliss-reactive ketones (excluding diaryl/α,β-unsaturated/α-hetero) is 1. The molecule has 4 heteroatoms. The van der Waals surface area contributed by atoms with E-state index in [0.717, 1.165) is 49.7 Å². The Morgan fingerprint density at radius 2 is 1.58 bits per heavy atom. The number of carbonyl (C=O) groups excluding carboxylic acids is 1. The van der Waals surface area contributed by atoms with Crippen molar-refractivity contribution < 1.29 is 4.79 Å². The van der Waals surface area contributed by atoms with Gasteiger partial charge >= 0.3 is 0 Å². The largest absolute Gasteiger partial charge is 0.369 e. The van der Waals surface area contributed by atoms with E-state index < -0.39 is 0 Å². The molecule has 0 bridgehead atoms. The molecule has 1 saturated heterocycles. The van der Waals surface area contributed by atoms with Crippen LogP contribution in [0.4, 0.5) is 5.69 Å². The first-order valence-electron chi connectivity index (χ1n) is 8.44. The minimum atomic E-state index is 0.125. The van der Waals surface area contributed by atoms with Crippen LogP contribution < -0.4 is 4.90 Å². The third kappa shape index (κ3) is 4.37. The number of hydrogen-bond acceptors (Lipinski definition) is 3. The fraction of sp³-hybridized carbons (Fsp3) is 0.350. The van der Waals surface area contributed by atoms with E-state index >= 15 is 0 Å². The van der Waals surface area contributed by atoms with Crippen molar-refractivity contribution in [2.75, 3.05) is 37.6 Å². The molecule has 1 aliphatic heterocycles. The number of piperazine rings is 1. The van der Waals surface area contributed by atoms with E-state index in [1.165, 1.54) is 11.3 Å². The average molecular weight is 343 g/mol. The van der Waals surface area contributed by atoms with Gasteiger partial charge in [-0.2, -0.15) is 0 Å². The van der Waals surface area contributed by atoms with Crippen LogP contribution in [0.2, 0.25) is 5.02 Å². The lowest BCUT2D eigenvalue weighted by molar-refractivity contribution is 0.101. The predicted molar refractivity (Wildman–Crippen MR) is 100 cm³/mol. The SMILES string of the molecule is CC(=O)c1ccc(CCN2CCN(c3ccc(Cl)cc3)CC2)cc1. The molecule has 3 nitrogen and oxygen atoms in total. The third-order valence-corrected chi connectivity index (χ3v) is 4.89. The molecule has 1 aliphatic rings. The Morgan fingerprint density at radius 1 is 0.958 bits per heavy atom. The van der Waals surface area contributed by atoms with Gasteiger partial charge in [-0.1, -0.05) is 35.9 Å². The van der Waals surface area contributed by atoms with E-state index in [1.807, 2.05) is 24.3 Å². The molecule has 0 radical (unpaired) electrons. The van der Waals surface area contributed by atoms with Gasteiger partial charge < -0.3 is 4.90 Å². The van der Waals surface area contributed by atoms with Crippen molar-refractivity contribution >= 4 is 23.1 Å². The molecule has 0 amide bonds. The molecule has 0 N–H and O–H groups in total. The van der Waals surface area contributed by atoms with E-state index in [9.17, 15) is 4.79 Å². The van der Waals surface area contributed by atoms with Crippen molar-refractivity contribution in [3.8, 4) is 0 Å². The predicted octanol–water partition coefficient (Wildman–Crippen LogP) is 3.91. The van der Waals surface area contributed by atoms with E-state index in [0.29, 0.717) is 0 Å². The van der Waals surface area contributed by atoms with Crippen LogP contribution in [0.1, 0.15) is 22.8 Å². The second-order valence-electron chi connectivity index (χ2n) is 6.31. The lowest BCUT2D eigenvalue weighted by Gasteiger charge is -2.36. The fourth-order valence-corrected chi connectivity index (χ4v) is 3.20. The van der Waals surface area contributed by atoms with E-state index in [-0.39, 0.29) is 5.78 Å². The highest BCUT2D eigenvalue weighted by molar-refractivity contribution is 6.30. The first-order valence-corrected chi connectivity index (χ1v) is 8.82. The van der Waals surface area contributed by atoms with E-state index in [2.05, 4.69) is 34.1 Å². The van der Waals surface area contributed by atoms with Crippen LogP contribution in [0, 0.1) is 0 Å². The van der Waals surface area contributed by atoms with Crippen molar-refractivity contribution in [3.63, 3.8) is 0 Å². The smallest absolute Gasteiger partial charge is 0.159 e. The van der Waals surface area contributed by atoms with Gasteiger partial charge in [-0.25, -0.2) is 0 Å². The fourth-order valence-electron chi connectivity index (χ4n) is 3.07. The average Bonchev–Trinajstić information content (AvgIpc) is 2.61. The van der Waals surface area contributed by atoms with Gasteiger partial charge in [-0.15, -0.1) is 0 Å². The molecule has 0 aliphatic carbocycles. The summed E-state index contributed by atoms with van der Waals surface area (Å²) in [5, 5.41) is 0.785. The Morgan fingerprint density at radius 3 is 2.17 bits per heavy atom. The van der Waals surface area contributed by atoms with Crippen LogP contribution in [0.3, 0.4) is 0 Å². The normalized spacial score (nSPS) is 15.5. The lowest BCUT2D eigenvalue weighted by Crippen LogP contribution is -2.46. The van der Waals surface area contributed by atoms with Crippen LogP contribution in [0.25, 0.3) is 0 Å². The molecule has 2 aromatic carbocycles. The molecule has 0 spiro atoms. The second kappa shape index (κ2) is 7.82. The molecule has 0 atom stereocenters. The zero-order chi connectivity index (χ0) is 16.9. The summed E-state index contributed by atoms with van der Waals surface area (Å²) in [5.74, 6) is 0.125. The van der Waals surface area contributed by atoms with E-state index in [1.54, 1.807) is 6.92 Å². The molecule has 0 unspecified atom stereocenters. The third-order valence-electron chi connectivity index (χ3n) is 4.64. The Kier molecular flexibility index (Phi) is 5.54. The van der Waals surface area contributed by atoms with Crippen molar-refractivity contribution in [3.05, 3.63) is 64.7 Å². The summed E-state index contributed by atoms with van der Waals surface area (Å²) in [6.45, 7) is 6.92. The van der Waals surface area contributed by atoms with Crippen molar-refractivity contribution in [1.82, 2.24) is 4.90 Å². The Hall–Kier alpha value is -1.84. The van der Waals surface area contributed by atoms with Gasteiger partial charge in [0, 0.05) is 49.0 Å². The number of ketones is 1. The second-order valence-corrected chi connectivity index (χ2v) is 6.74. The molecular formula is C20H23ClN2O. The summed E-state index contributed by atoms with van der Waals surface area (Å²) in [4.78, 5) is 16.2. The van der Waals surface area contributed by atoms with Gasteiger partial charge in [-0.05, 0) is 43.2 Å². The maximum absolute atomic E-state index is 11.3. The number of halogens is 1. The van der Waals surface area contributed by atoms with Gasteiger partial charge in [0.2, 0.25) is 0 Å². The molecule has 0 saturated carbocycles. The number of hydrogen-bond donors (Lipinski definition) is 0. The topological polar surface area (TPSA) is 23.6 Å². The van der Waals surface area contributed by atoms with Crippen LogP contribution in [0.15, 0.2) is 48.5 Å². The van der Waals surface area contributed by atoms with Gasteiger partial charge in [0.1, 0.15) is 0 Å². The van der Waals surface area contributed by atoms with Crippen LogP contribution in [-0.4, -0.2) is 43.4 Å². The van der Waals surface area contributed by atoms with E-state index in [4.69, 9.17) is 11.6 Å². The number of carbonyl (C=O) groups is 1. The minimum Gasteiger partial charge on any atom is -0.369 e. The Labute approximate surface area is 148 Å². The maximum atomic E-state index is 11.3. The molecule has 24 heavy (non-hydrogen) atoms. The Bertz CT molecular complexity index is 674. The Balaban J connectivity index is 1.47.